The van der Waals surface area contributed by atoms with Crippen molar-refractivity contribution in [3.63, 3.8) is 0 Å². The first-order valence-electron chi connectivity index (χ1n) is 33.7. The van der Waals surface area contributed by atoms with Gasteiger partial charge in [0, 0.05) is 22.7 Å². The number of hydrogen-bond acceptors (Lipinski definition) is 4. The summed E-state index contributed by atoms with van der Waals surface area (Å²) < 4.78 is 1.04. The first-order valence-corrected chi connectivity index (χ1v) is 35.3. The van der Waals surface area contributed by atoms with Crippen molar-refractivity contribution >= 4 is 81.1 Å². The first kappa shape index (κ1) is 74.8. The fourth-order valence-electron chi connectivity index (χ4n) is 11.6. The average molecular weight is 1230 g/mol. The number of aryl methyl sites for hydroxylation is 4. The molecule has 0 atom stereocenters. The van der Waals surface area contributed by atoms with Crippen LogP contribution in [0.15, 0.2) is 97.1 Å². The molecule has 0 radical (unpaired) electrons. The predicted molar refractivity (Wildman–Crippen MR) is 372 cm³/mol. The maximum atomic E-state index is 5.68. The number of anilines is 4. The largest absolute Gasteiger partial charge is 2.00 e. The molecule has 0 saturated heterocycles. The van der Waals surface area contributed by atoms with Crippen LogP contribution < -0.4 is 9.80 Å². The van der Waals surface area contributed by atoms with E-state index in [0.29, 0.717) is 8.64 Å². The molecule has 4 aromatic carbocycles. The zero-order valence-corrected chi connectivity index (χ0v) is 58.8. The molecule has 0 fully saturated rings. The maximum Gasteiger partial charge on any atom is 2.00 e. The van der Waals surface area contributed by atoms with Crippen molar-refractivity contribution < 1.29 is 19.5 Å². The van der Waals surface area contributed by atoms with Crippen molar-refractivity contribution in [2.45, 2.75) is 310 Å². The normalized spacial score (nSPS) is 11.0. The van der Waals surface area contributed by atoms with Crippen molar-refractivity contribution in [2.75, 3.05) is 9.80 Å². The van der Waals surface area contributed by atoms with E-state index >= 15 is 0 Å². The number of hydrogen-bond donors (Lipinski definition) is 0. The third-order valence-electron chi connectivity index (χ3n) is 16.5. The molecule has 0 aromatic heterocycles. The molecule has 0 aliphatic rings. The van der Waals surface area contributed by atoms with Crippen LogP contribution in [0.1, 0.15) is 307 Å². The number of para-hydroxylation sites is 4. The van der Waals surface area contributed by atoms with Crippen molar-refractivity contribution in [2.24, 2.45) is 0 Å². The minimum absolute atomic E-state index is 0. The predicted octanol–water partition coefficient (Wildman–Crippen LogP) is 25.2. The van der Waals surface area contributed by atoms with Gasteiger partial charge in [0.05, 0.1) is 0 Å². The monoisotopic (exact) mass is 1220 g/mol. The quantitative estimate of drug-likeness (QED) is 0.0187. The van der Waals surface area contributed by atoms with Gasteiger partial charge in [-0.25, -0.2) is 0 Å². The van der Waals surface area contributed by atoms with Gasteiger partial charge in [-0.1, -0.05) is 340 Å². The standard InChI is InChI=1S/2C37H59NS2.Zn/c2*1-3-5-7-9-11-13-15-17-19-21-27-33-29-23-25-31-35(33)38(37(39)40)36-32-26-24-30-34(36)28-22-20-18-16-14-12-10-8-6-4-2;/h2*23-26,29-32H,3-22,27-28H2,1-2H3,(H,39,40);/q;;+2/p-2. The number of nitrogens with zero attached hydrogens (tertiary/aromatic N) is 2. The molecule has 2 nitrogen and oxygen atoms in total. The summed E-state index contributed by atoms with van der Waals surface area (Å²) in [5, 5.41) is 0. The van der Waals surface area contributed by atoms with E-state index in [2.05, 4.69) is 135 Å². The minimum atomic E-state index is 0. The van der Waals surface area contributed by atoms with Crippen LogP contribution in [0, 0.1) is 0 Å². The van der Waals surface area contributed by atoms with Gasteiger partial charge in [-0.2, -0.15) is 0 Å². The number of thiocarbonyl (C=S) groups is 2. The Labute approximate surface area is 535 Å². The Morgan fingerprint density at radius 1 is 0.259 bits per heavy atom. The van der Waals surface area contributed by atoms with Gasteiger partial charge in [-0.05, 0) is 97.9 Å². The summed E-state index contributed by atoms with van der Waals surface area (Å²) in [6.07, 6.45) is 58.8. The molecule has 0 N–H and O–H groups in total. The summed E-state index contributed by atoms with van der Waals surface area (Å²) in [6, 6.07) is 35.1. The molecule has 448 valence electrons. The Balaban J connectivity index is 0.000000547. The molecule has 0 unspecified atom stereocenters. The van der Waals surface area contributed by atoms with Crippen LogP contribution >= 0.6 is 24.4 Å². The van der Waals surface area contributed by atoms with E-state index in [4.69, 9.17) is 49.7 Å². The van der Waals surface area contributed by atoms with E-state index in [1.54, 1.807) is 0 Å². The van der Waals surface area contributed by atoms with Gasteiger partial charge in [0.15, 0.2) is 0 Å². The van der Waals surface area contributed by atoms with Crippen LogP contribution in [0.3, 0.4) is 0 Å². The molecule has 81 heavy (non-hydrogen) atoms. The summed E-state index contributed by atoms with van der Waals surface area (Å²) in [5.41, 5.74) is 10.2. The van der Waals surface area contributed by atoms with Gasteiger partial charge in [0.1, 0.15) is 0 Å². The third kappa shape index (κ3) is 34.5. The van der Waals surface area contributed by atoms with Crippen LogP contribution in [0.5, 0.6) is 0 Å². The molecule has 7 heteroatoms. The maximum absolute atomic E-state index is 5.68. The van der Waals surface area contributed by atoms with Crippen molar-refractivity contribution in [3.05, 3.63) is 119 Å². The van der Waals surface area contributed by atoms with Gasteiger partial charge in [-0.3, -0.25) is 0 Å². The summed E-state index contributed by atoms with van der Waals surface area (Å²) in [5.74, 6) is 0. The molecule has 0 saturated carbocycles. The fraction of sp³-hybridized carbons (Fsp3) is 0.649. The Hall–Kier alpha value is -2.28. The second kappa shape index (κ2) is 52.1. The van der Waals surface area contributed by atoms with E-state index < -0.39 is 0 Å². The Morgan fingerprint density at radius 2 is 0.407 bits per heavy atom. The fourth-order valence-corrected chi connectivity index (χ4v) is 12.4. The van der Waals surface area contributed by atoms with E-state index in [0.717, 1.165) is 25.7 Å². The Bertz CT molecular complexity index is 1840. The number of unbranched alkanes of at least 4 members (excludes halogenated alkanes) is 36. The minimum Gasteiger partial charge on any atom is -0.411 e. The molecule has 0 amide bonds. The first-order chi connectivity index (χ1) is 39.4. The summed E-state index contributed by atoms with van der Waals surface area (Å²) in [7, 11) is 0. The van der Waals surface area contributed by atoms with Gasteiger partial charge in [0.2, 0.25) is 0 Å². The van der Waals surface area contributed by atoms with Gasteiger partial charge in [-0.15, -0.1) is 0 Å². The van der Waals surface area contributed by atoms with Crippen molar-refractivity contribution in [3.8, 4) is 0 Å². The third-order valence-corrected chi connectivity index (χ3v) is 17.2. The van der Waals surface area contributed by atoms with Crippen LogP contribution in [0.4, 0.5) is 22.7 Å². The number of rotatable bonds is 48. The zero-order chi connectivity index (χ0) is 57.4. The Morgan fingerprint density at radius 3 is 0.568 bits per heavy atom. The average Bonchev–Trinajstić information content (AvgIpc) is 3.53. The topological polar surface area (TPSA) is 6.48 Å². The van der Waals surface area contributed by atoms with Crippen LogP contribution in [-0.4, -0.2) is 8.64 Å². The zero-order valence-electron chi connectivity index (χ0n) is 52.6. The van der Waals surface area contributed by atoms with E-state index in [1.165, 1.54) is 302 Å². The van der Waals surface area contributed by atoms with Crippen LogP contribution in [0.25, 0.3) is 0 Å². The number of benzene rings is 4. The SMILES string of the molecule is CCCCCCCCCCCCc1ccccc1N(C(=S)[S-])c1ccccc1CCCCCCCCCCCC.CCCCCCCCCCCCc1ccccc1N(C(=S)[S-])c1ccccc1CCCCCCCCCCCC.[Zn+2]. The van der Waals surface area contributed by atoms with Gasteiger partial charge in [0.25, 0.3) is 0 Å². The van der Waals surface area contributed by atoms with Crippen LogP contribution in [-0.2, 0) is 70.4 Å². The smallest absolute Gasteiger partial charge is 0.411 e. The molecule has 4 rings (SSSR count). The van der Waals surface area contributed by atoms with Crippen LogP contribution in [0.2, 0.25) is 0 Å². The van der Waals surface area contributed by atoms with Gasteiger partial charge < -0.3 is 59.5 Å². The molecule has 0 aliphatic heterocycles. The van der Waals surface area contributed by atoms with Gasteiger partial charge >= 0.3 is 19.5 Å². The van der Waals surface area contributed by atoms with Crippen molar-refractivity contribution in [1.29, 1.82) is 0 Å². The van der Waals surface area contributed by atoms with E-state index in [-0.39, 0.29) is 19.5 Å². The molecule has 4 aromatic rings. The molecular weight excluding hydrogens is 1110 g/mol. The molecule has 0 heterocycles. The summed E-state index contributed by atoms with van der Waals surface area (Å²) >= 11 is 22.7. The molecule has 0 aliphatic carbocycles. The van der Waals surface area contributed by atoms with Crippen molar-refractivity contribution in [1.82, 2.24) is 0 Å². The second-order valence-corrected chi connectivity index (χ2v) is 25.5. The van der Waals surface area contributed by atoms with E-state index in [1.807, 2.05) is 0 Å². The summed E-state index contributed by atoms with van der Waals surface area (Å²) in [6.45, 7) is 9.16. The Kier molecular flexibility index (Phi) is 48.1. The van der Waals surface area contributed by atoms with E-state index in [9.17, 15) is 0 Å². The molecular formula is C74H116N2S4Zn. The molecule has 0 bridgehead atoms. The second-order valence-electron chi connectivity index (χ2n) is 23.4. The summed E-state index contributed by atoms with van der Waals surface area (Å²) in [4.78, 5) is 4.34. The molecule has 0 spiro atoms.